The standard InChI is InChI=1S/C14H10O10S3/c15-25(16,17)9-4-3-8-6-12(26(18,19)20)13(11-2-1-5-24-11)14(10(8)7-9)27(21,22)23/h1-7H,(H,15,16,17)(H,18,19,20)(H,21,22,23). The normalized spacial score (nSPS) is 13.1. The van der Waals surface area contributed by atoms with E-state index in [9.17, 15) is 38.9 Å². The van der Waals surface area contributed by atoms with Crippen LogP contribution in [0, 0.1) is 0 Å². The van der Waals surface area contributed by atoms with Gasteiger partial charge in [0.05, 0.1) is 16.7 Å². The Labute approximate surface area is 153 Å². The van der Waals surface area contributed by atoms with Gasteiger partial charge in [-0.3, -0.25) is 13.7 Å². The third-order valence-electron chi connectivity index (χ3n) is 3.63. The van der Waals surface area contributed by atoms with Gasteiger partial charge in [0.25, 0.3) is 30.4 Å². The number of furan rings is 1. The summed E-state index contributed by atoms with van der Waals surface area (Å²) in [6, 6.07) is 6.01. The lowest BCUT2D eigenvalue weighted by Gasteiger charge is -2.14. The molecule has 1 heterocycles. The van der Waals surface area contributed by atoms with Gasteiger partial charge in [-0.05, 0) is 35.7 Å². The summed E-state index contributed by atoms with van der Waals surface area (Å²) in [7, 11) is -14.8. The molecule has 0 unspecified atom stereocenters. The maximum Gasteiger partial charge on any atom is 0.295 e. The zero-order valence-corrected chi connectivity index (χ0v) is 15.4. The molecule has 0 amide bonds. The average molecular weight is 434 g/mol. The molecule has 27 heavy (non-hydrogen) atoms. The molecule has 3 rings (SSSR count). The first kappa shape index (κ1) is 19.5. The first-order valence-corrected chi connectivity index (χ1v) is 11.2. The monoisotopic (exact) mass is 434 g/mol. The molecule has 0 bridgehead atoms. The van der Waals surface area contributed by atoms with Crippen LogP contribution in [0.2, 0.25) is 0 Å². The van der Waals surface area contributed by atoms with Crippen LogP contribution in [-0.4, -0.2) is 38.9 Å². The summed E-state index contributed by atoms with van der Waals surface area (Å²) in [6.07, 6.45) is 1.09. The van der Waals surface area contributed by atoms with Crippen molar-refractivity contribution in [1.82, 2.24) is 0 Å². The number of rotatable bonds is 4. The highest BCUT2D eigenvalue weighted by Crippen LogP contribution is 2.40. The predicted molar refractivity (Wildman–Crippen MR) is 91.1 cm³/mol. The quantitative estimate of drug-likeness (QED) is 0.513. The molecule has 2 aromatic carbocycles. The molecule has 3 N–H and O–H groups in total. The van der Waals surface area contributed by atoms with E-state index in [4.69, 9.17) is 4.42 Å². The second kappa shape index (κ2) is 6.12. The third-order valence-corrected chi connectivity index (χ3v) is 6.30. The highest BCUT2D eigenvalue weighted by molar-refractivity contribution is 7.87. The number of hydrogen-bond donors (Lipinski definition) is 3. The van der Waals surface area contributed by atoms with Crippen molar-refractivity contribution in [2.75, 3.05) is 0 Å². The fourth-order valence-corrected chi connectivity index (χ4v) is 4.83. The molecular formula is C14H10O10S3. The van der Waals surface area contributed by atoms with Crippen LogP contribution < -0.4 is 0 Å². The SMILES string of the molecule is O=S(=O)(O)c1ccc2cc(S(=O)(=O)O)c(-c3ccco3)c(S(=O)(=O)O)c2c1. The van der Waals surface area contributed by atoms with Gasteiger partial charge in [-0.2, -0.15) is 25.3 Å². The lowest BCUT2D eigenvalue weighted by atomic mass is 10.0. The minimum absolute atomic E-state index is 0.141. The minimum atomic E-state index is -5.14. The number of fused-ring (bicyclic) bond motifs is 1. The van der Waals surface area contributed by atoms with Gasteiger partial charge in [-0.15, -0.1) is 0 Å². The molecule has 0 spiro atoms. The summed E-state index contributed by atoms with van der Waals surface area (Å²) >= 11 is 0. The van der Waals surface area contributed by atoms with Crippen LogP contribution in [0.4, 0.5) is 0 Å². The molecule has 0 saturated carbocycles. The van der Waals surface area contributed by atoms with E-state index in [1.54, 1.807) is 0 Å². The van der Waals surface area contributed by atoms with Crippen LogP contribution in [0.3, 0.4) is 0 Å². The Bertz CT molecular complexity index is 1370. The third kappa shape index (κ3) is 3.60. The molecule has 3 aromatic rings. The summed E-state index contributed by atoms with van der Waals surface area (Å²) in [5.74, 6) is -0.325. The fourth-order valence-electron chi connectivity index (χ4n) is 2.60. The summed E-state index contributed by atoms with van der Waals surface area (Å²) in [5.41, 5.74) is -0.690. The Balaban J connectivity index is 2.67. The molecule has 0 aliphatic heterocycles. The molecule has 10 nitrogen and oxygen atoms in total. The topological polar surface area (TPSA) is 176 Å². The van der Waals surface area contributed by atoms with E-state index in [1.165, 1.54) is 12.1 Å². The highest BCUT2D eigenvalue weighted by Gasteiger charge is 2.30. The van der Waals surface area contributed by atoms with Crippen molar-refractivity contribution in [3.8, 4) is 11.3 Å². The van der Waals surface area contributed by atoms with Crippen molar-refractivity contribution >= 4 is 41.1 Å². The predicted octanol–water partition coefficient (Wildman–Crippen LogP) is 1.84. The molecule has 0 aliphatic rings. The molecule has 0 radical (unpaired) electrons. The van der Waals surface area contributed by atoms with Crippen LogP contribution in [0.15, 0.2) is 61.8 Å². The molecule has 0 saturated heterocycles. The Morgan fingerprint density at radius 3 is 1.93 bits per heavy atom. The van der Waals surface area contributed by atoms with Gasteiger partial charge in [0, 0.05) is 5.39 Å². The van der Waals surface area contributed by atoms with E-state index in [0.29, 0.717) is 0 Å². The van der Waals surface area contributed by atoms with E-state index < -0.39 is 56.0 Å². The average Bonchev–Trinajstić information content (AvgIpc) is 3.03. The first-order valence-electron chi connectivity index (χ1n) is 6.87. The van der Waals surface area contributed by atoms with Crippen molar-refractivity contribution in [3.05, 3.63) is 42.7 Å². The Hall–Kier alpha value is -2.29. The maximum atomic E-state index is 12.0. The van der Waals surface area contributed by atoms with Crippen molar-refractivity contribution in [2.45, 2.75) is 14.7 Å². The lowest BCUT2D eigenvalue weighted by molar-refractivity contribution is 0.478. The Morgan fingerprint density at radius 1 is 0.778 bits per heavy atom. The van der Waals surface area contributed by atoms with Crippen LogP contribution in [0.1, 0.15) is 0 Å². The van der Waals surface area contributed by atoms with Crippen LogP contribution in [0.5, 0.6) is 0 Å². The van der Waals surface area contributed by atoms with Gasteiger partial charge < -0.3 is 4.42 Å². The van der Waals surface area contributed by atoms with Crippen molar-refractivity contribution in [1.29, 1.82) is 0 Å². The summed E-state index contributed by atoms with van der Waals surface area (Å²) in [6.45, 7) is 0. The Morgan fingerprint density at radius 2 is 1.44 bits per heavy atom. The molecule has 0 atom stereocenters. The van der Waals surface area contributed by atoms with E-state index in [0.717, 1.165) is 30.5 Å². The van der Waals surface area contributed by atoms with Crippen LogP contribution >= 0.6 is 0 Å². The summed E-state index contributed by atoms with van der Waals surface area (Å²) in [5, 5.41) is -0.551. The summed E-state index contributed by atoms with van der Waals surface area (Å²) < 4.78 is 104. The van der Waals surface area contributed by atoms with Crippen molar-refractivity contribution in [2.24, 2.45) is 0 Å². The van der Waals surface area contributed by atoms with E-state index >= 15 is 0 Å². The largest absolute Gasteiger partial charge is 0.464 e. The molecule has 0 aliphatic carbocycles. The maximum absolute atomic E-state index is 12.0. The number of hydrogen-bond acceptors (Lipinski definition) is 7. The molecule has 1 aromatic heterocycles. The molecule has 144 valence electrons. The van der Waals surface area contributed by atoms with Crippen LogP contribution in [0.25, 0.3) is 22.1 Å². The second-order valence-corrected chi connectivity index (χ2v) is 9.53. The first-order chi connectivity index (χ1) is 12.3. The number of benzene rings is 2. The van der Waals surface area contributed by atoms with Crippen molar-refractivity contribution in [3.63, 3.8) is 0 Å². The molecule has 0 fully saturated rings. The second-order valence-electron chi connectivity index (χ2n) is 5.36. The van der Waals surface area contributed by atoms with Gasteiger partial charge in [0.2, 0.25) is 0 Å². The zero-order chi connectivity index (χ0) is 20.2. The lowest BCUT2D eigenvalue weighted by Crippen LogP contribution is -2.09. The Kier molecular flexibility index (Phi) is 4.41. The van der Waals surface area contributed by atoms with Crippen LogP contribution in [-0.2, 0) is 30.4 Å². The molecular weight excluding hydrogens is 424 g/mol. The van der Waals surface area contributed by atoms with Gasteiger partial charge >= 0.3 is 0 Å². The fraction of sp³-hybridized carbons (Fsp3) is 0. The van der Waals surface area contributed by atoms with Gasteiger partial charge in [-0.25, -0.2) is 0 Å². The smallest absolute Gasteiger partial charge is 0.295 e. The van der Waals surface area contributed by atoms with E-state index in [1.807, 2.05) is 0 Å². The van der Waals surface area contributed by atoms with E-state index in [-0.39, 0.29) is 11.1 Å². The highest BCUT2D eigenvalue weighted by atomic mass is 32.2. The van der Waals surface area contributed by atoms with E-state index in [2.05, 4.69) is 0 Å². The van der Waals surface area contributed by atoms with Gasteiger partial charge in [-0.1, -0.05) is 6.07 Å². The van der Waals surface area contributed by atoms with Crippen molar-refractivity contribution < 1.29 is 43.3 Å². The minimum Gasteiger partial charge on any atom is -0.464 e. The van der Waals surface area contributed by atoms with Gasteiger partial charge in [0.1, 0.15) is 15.6 Å². The summed E-state index contributed by atoms with van der Waals surface area (Å²) in [4.78, 5) is -2.57. The van der Waals surface area contributed by atoms with Gasteiger partial charge in [0.15, 0.2) is 0 Å². The zero-order valence-electron chi connectivity index (χ0n) is 13.0. The molecule has 13 heteroatoms.